The fourth-order valence-corrected chi connectivity index (χ4v) is 5.62. The molecule has 0 bridgehead atoms. The predicted octanol–water partition coefficient (Wildman–Crippen LogP) is 1.65. The number of thioether (sulfide) groups is 1. The summed E-state index contributed by atoms with van der Waals surface area (Å²) >= 11 is 4.49. The average molecular weight is 441 g/mol. The van der Waals surface area contributed by atoms with E-state index in [9.17, 15) is 24.3 Å². The van der Waals surface area contributed by atoms with E-state index in [1.165, 1.54) is 23.6 Å². The van der Waals surface area contributed by atoms with Crippen LogP contribution in [0.1, 0.15) is 31.1 Å². The molecule has 2 N–H and O–H groups in total. The van der Waals surface area contributed by atoms with Crippen LogP contribution in [0.4, 0.5) is 0 Å². The standard InChI is InChI=1S/C17H17BrN2O5S/c1-8(21)17(19-12(22)9-5-4-6-10(18)7-9)14(25)20-11(13(23)24)16(2,3)26-15(17)20/h4-7,11,15H,1-3H3,(H,19,22)(H,23,24)/t11-,15+,17?/m0/s1. The van der Waals surface area contributed by atoms with Crippen molar-refractivity contribution < 1.29 is 24.3 Å². The second kappa shape index (κ2) is 6.09. The Labute approximate surface area is 162 Å². The van der Waals surface area contributed by atoms with E-state index in [0.717, 1.165) is 0 Å². The van der Waals surface area contributed by atoms with Gasteiger partial charge >= 0.3 is 5.97 Å². The lowest BCUT2D eigenvalue weighted by atomic mass is 9.81. The number of aliphatic carboxylic acids is 1. The van der Waals surface area contributed by atoms with Crippen LogP contribution in [0.2, 0.25) is 0 Å². The normalized spacial score (nSPS) is 28.9. The predicted molar refractivity (Wildman–Crippen MR) is 98.7 cm³/mol. The smallest absolute Gasteiger partial charge is 0.327 e. The van der Waals surface area contributed by atoms with Gasteiger partial charge in [-0.3, -0.25) is 14.4 Å². The van der Waals surface area contributed by atoms with Crippen molar-refractivity contribution >= 4 is 51.3 Å². The van der Waals surface area contributed by atoms with E-state index < -0.39 is 45.3 Å². The molecule has 2 aliphatic rings. The highest BCUT2D eigenvalue weighted by Crippen LogP contribution is 2.55. The molecular formula is C17H17BrN2O5S. The Bertz CT molecular complexity index is 842. The van der Waals surface area contributed by atoms with Crippen molar-refractivity contribution in [3.63, 3.8) is 0 Å². The monoisotopic (exact) mass is 440 g/mol. The maximum Gasteiger partial charge on any atom is 0.327 e. The average Bonchev–Trinajstić information content (AvgIpc) is 2.80. The highest BCUT2D eigenvalue weighted by atomic mass is 79.9. The summed E-state index contributed by atoms with van der Waals surface area (Å²) in [5, 5.41) is 11.3. The summed E-state index contributed by atoms with van der Waals surface area (Å²) in [5.41, 5.74) is -1.45. The van der Waals surface area contributed by atoms with Gasteiger partial charge in [0.1, 0.15) is 11.4 Å². The first-order valence-electron chi connectivity index (χ1n) is 7.85. The van der Waals surface area contributed by atoms with Gasteiger partial charge in [-0.05, 0) is 39.0 Å². The van der Waals surface area contributed by atoms with Gasteiger partial charge in [0.2, 0.25) is 5.54 Å². The van der Waals surface area contributed by atoms with Crippen LogP contribution in [0.25, 0.3) is 0 Å². The van der Waals surface area contributed by atoms with Crippen molar-refractivity contribution in [2.45, 2.75) is 42.5 Å². The molecule has 9 heteroatoms. The molecule has 0 saturated carbocycles. The minimum Gasteiger partial charge on any atom is -0.480 e. The first kappa shape index (κ1) is 18.9. The van der Waals surface area contributed by atoms with Crippen molar-refractivity contribution in [3.05, 3.63) is 34.3 Å². The van der Waals surface area contributed by atoms with Crippen LogP contribution >= 0.6 is 27.7 Å². The van der Waals surface area contributed by atoms with E-state index in [2.05, 4.69) is 21.2 Å². The lowest BCUT2D eigenvalue weighted by molar-refractivity contribution is -0.170. The molecule has 2 amide bonds. The molecule has 2 aliphatic heterocycles. The number of carbonyl (C=O) groups is 4. The minimum absolute atomic E-state index is 0.295. The van der Waals surface area contributed by atoms with Gasteiger partial charge in [0.15, 0.2) is 5.78 Å². The second-order valence-electron chi connectivity index (χ2n) is 6.86. The summed E-state index contributed by atoms with van der Waals surface area (Å²) in [6.07, 6.45) is 0. The van der Waals surface area contributed by atoms with Crippen LogP contribution in [0, 0.1) is 0 Å². The van der Waals surface area contributed by atoms with E-state index in [4.69, 9.17) is 0 Å². The van der Waals surface area contributed by atoms with E-state index >= 15 is 0 Å². The zero-order valence-corrected chi connectivity index (χ0v) is 16.7. The van der Waals surface area contributed by atoms with Crippen LogP contribution < -0.4 is 5.32 Å². The lowest BCUT2D eigenvalue weighted by Crippen LogP contribution is -2.82. The van der Waals surface area contributed by atoms with Crippen molar-refractivity contribution in [1.29, 1.82) is 0 Å². The number of halogens is 1. The molecule has 26 heavy (non-hydrogen) atoms. The zero-order chi connectivity index (χ0) is 19.4. The van der Waals surface area contributed by atoms with Crippen molar-refractivity contribution in [2.24, 2.45) is 0 Å². The number of hydrogen-bond donors (Lipinski definition) is 2. The summed E-state index contributed by atoms with van der Waals surface area (Å²) in [5.74, 6) is -2.88. The third-order valence-electron chi connectivity index (χ3n) is 4.73. The van der Waals surface area contributed by atoms with Gasteiger partial charge in [0.25, 0.3) is 11.8 Å². The number of carboxylic acids is 1. The fraction of sp³-hybridized carbons (Fsp3) is 0.412. The number of Topliss-reactive ketones (excluding diaryl/α,β-unsaturated/α-hetero) is 1. The molecule has 3 atom stereocenters. The minimum atomic E-state index is -1.74. The Hall–Kier alpha value is -1.87. The molecule has 3 rings (SSSR count). The van der Waals surface area contributed by atoms with Gasteiger partial charge in [-0.1, -0.05) is 22.0 Å². The molecule has 138 valence electrons. The van der Waals surface area contributed by atoms with Gasteiger partial charge in [-0.15, -0.1) is 11.8 Å². The molecule has 2 fully saturated rings. The van der Waals surface area contributed by atoms with E-state index in [1.807, 2.05) is 0 Å². The Balaban J connectivity index is 1.96. The third kappa shape index (κ3) is 2.56. The molecule has 1 unspecified atom stereocenters. The number of benzene rings is 1. The lowest BCUT2D eigenvalue weighted by Gasteiger charge is -2.51. The number of rotatable bonds is 4. The topological polar surface area (TPSA) is 104 Å². The number of hydrogen-bond acceptors (Lipinski definition) is 5. The maximum absolute atomic E-state index is 12.8. The van der Waals surface area contributed by atoms with Crippen molar-refractivity contribution in [3.8, 4) is 0 Å². The molecule has 2 saturated heterocycles. The van der Waals surface area contributed by atoms with Gasteiger partial charge in [-0.2, -0.15) is 0 Å². The van der Waals surface area contributed by atoms with E-state index in [-0.39, 0.29) is 0 Å². The quantitative estimate of drug-likeness (QED) is 0.544. The number of amides is 2. The highest BCUT2D eigenvalue weighted by Gasteiger charge is 2.74. The number of nitrogens with zero attached hydrogens (tertiary/aromatic N) is 1. The Morgan fingerprint density at radius 3 is 2.50 bits per heavy atom. The Morgan fingerprint density at radius 2 is 1.96 bits per heavy atom. The molecule has 2 heterocycles. The molecule has 0 spiro atoms. The van der Waals surface area contributed by atoms with Crippen LogP contribution in [0.5, 0.6) is 0 Å². The van der Waals surface area contributed by atoms with Crippen molar-refractivity contribution in [1.82, 2.24) is 10.2 Å². The van der Waals surface area contributed by atoms with Crippen LogP contribution in [-0.4, -0.2) is 55.3 Å². The number of carbonyl (C=O) groups excluding carboxylic acids is 3. The zero-order valence-electron chi connectivity index (χ0n) is 14.3. The maximum atomic E-state index is 12.8. The number of fused-ring (bicyclic) bond motifs is 1. The summed E-state index contributed by atoms with van der Waals surface area (Å²) in [6.45, 7) is 4.66. The first-order chi connectivity index (χ1) is 12.0. The molecule has 0 radical (unpaired) electrons. The second-order valence-corrected chi connectivity index (χ2v) is 9.51. The Morgan fingerprint density at radius 1 is 1.31 bits per heavy atom. The van der Waals surface area contributed by atoms with Crippen molar-refractivity contribution in [2.75, 3.05) is 0 Å². The van der Waals surface area contributed by atoms with Gasteiger partial charge < -0.3 is 15.3 Å². The molecule has 0 aliphatic carbocycles. The van der Waals surface area contributed by atoms with Crippen LogP contribution in [0.3, 0.4) is 0 Å². The van der Waals surface area contributed by atoms with E-state index in [1.54, 1.807) is 38.1 Å². The molecule has 1 aromatic rings. The summed E-state index contributed by atoms with van der Waals surface area (Å²) in [7, 11) is 0. The summed E-state index contributed by atoms with van der Waals surface area (Å²) in [4.78, 5) is 50.7. The fourth-order valence-electron chi connectivity index (χ4n) is 3.47. The summed E-state index contributed by atoms with van der Waals surface area (Å²) in [6, 6.07) is 5.51. The molecular weight excluding hydrogens is 424 g/mol. The summed E-state index contributed by atoms with van der Waals surface area (Å²) < 4.78 is -0.102. The first-order valence-corrected chi connectivity index (χ1v) is 9.52. The number of carboxylic acid groups (broad SMARTS) is 1. The SMILES string of the molecule is CC(=O)C1(NC(=O)c2cccc(Br)c2)C(=O)N2[C@@H](C(=O)O)C(C)(C)S[C@@H]21. The van der Waals surface area contributed by atoms with Crippen LogP contribution in [0.15, 0.2) is 28.7 Å². The number of nitrogens with one attached hydrogen (secondary N) is 1. The molecule has 1 aromatic carbocycles. The molecule has 7 nitrogen and oxygen atoms in total. The van der Waals surface area contributed by atoms with Crippen LogP contribution in [-0.2, 0) is 14.4 Å². The van der Waals surface area contributed by atoms with Gasteiger partial charge in [0.05, 0.1) is 0 Å². The Kier molecular flexibility index (Phi) is 4.43. The van der Waals surface area contributed by atoms with Gasteiger partial charge in [-0.25, -0.2) is 4.79 Å². The number of β-lactam (4-membered cyclic amide) rings is 1. The highest BCUT2D eigenvalue weighted by molar-refractivity contribution is 9.10. The third-order valence-corrected chi connectivity index (χ3v) is 6.86. The van der Waals surface area contributed by atoms with E-state index in [0.29, 0.717) is 10.0 Å². The largest absolute Gasteiger partial charge is 0.480 e. The van der Waals surface area contributed by atoms with Gasteiger partial charge in [0, 0.05) is 14.8 Å². The molecule has 0 aromatic heterocycles. The number of ketones is 1.